The van der Waals surface area contributed by atoms with E-state index in [0.717, 1.165) is 0 Å². The first-order valence-electron chi connectivity index (χ1n) is 33.6. The highest BCUT2D eigenvalue weighted by Gasteiger charge is 2.34. The average molecular weight is 1110 g/mol. The molecule has 0 unspecified atom stereocenters. The second-order valence-electron chi connectivity index (χ2n) is 25.4. The fourth-order valence-corrected chi connectivity index (χ4v) is 31.6. The van der Waals surface area contributed by atoms with Gasteiger partial charge >= 0.3 is 0 Å². The molecule has 8 saturated carbocycles. The molecule has 0 spiro atoms. The van der Waals surface area contributed by atoms with Crippen LogP contribution in [0.5, 0.6) is 0 Å². The van der Waals surface area contributed by atoms with E-state index in [1.807, 2.05) is 0 Å². The second-order valence-corrected chi connectivity index (χ2v) is 38.6. The molecule has 0 aromatic heterocycles. The van der Waals surface area contributed by atoms with E-state index in [4.69, 9.17) is 4.55 Å². The minimum absolute atomic E-state index is 0.397. The Labute approximate surface area is 464 Å². The summed E-state index contributed by atoms with van der Waals surface area (Å²) in [5, 5.41) is 0. The van der Waals surface area contributed by atoms with Crippen LogP contribution in [0.25, 0.3) is 0 Å². The van der Waals surface area contributed by atoms with Gasteiger partial charge < -0.3 is 0 Å². The topological polar surface area (TPSA) is 54.4 Å². The lowest BCUT2D eigenvalue weighted by Gasteiger charge is -2.38. The van der Waals surface area contributed by atoms with Crippen LogP contribution in [-0.4, -0.2) is 89.1 Å². The minimum Gasteiger partial charge on any atom is -0.286 e. The standard InChI is InChI=1S/4C16H31P.CH4O3S/c4*1-2-3-14-17(15-10-6-4-7-11-15)16-12-8-5-9-13-16;1-5(2,3)4/h4*15-16H,2-14H2,1H3;1H3,(H,2,3,4). The fraction of sp³-hybridized carbons (Fsp3) is 1.00. The predicted molar refractivity (Wildman–Crippen MR) is 339 cm³/mol. The molecule has 8 rings (SSSR count). The normalized spacial score (nSPS) is 23.5. The van der Waals surface area contributed by atoms with E-state index >= 15 is 0 Å². The summed E-state index contributed by atoms with van der Waals surface area (Å²) in [7, 11) is -2.08. The van der Waals surface area contributed by atoms with Crippen LogP contribution in [0.2, 0.25) is 0 Å². The molecule has 0 radical (unpaired) electrons. The zero-order valence-electron chi connectivity index (χ0n) is 49.8. The Morgan fingerprint density at radius 1 is 0.274 bits per heavy atom. The Morgan fingerprint density at radius 3 is 0.479 bits per heavy atom. The highest BCUT2D eigenvalue weighted by atomic mass is 32.2. The first kappa shape index (κ1) is 67.1. The van der Waals surface area contributed by atoms with E-state index in [1.54, 1.807) is 230 Å². The summed E-state index contributed by atoms with van der Waals surface area (Å²) in [6.45, 7) is 9.48. The minimum atomic E-state index is -3.67. The van der Waals surface area contributed by atoms with Crippen molar-refractivity contribution in [3.05, 3.63) is 0 Å². The van der Waals surface area contributed by atoms with Crippen LogP contribution in [0.3, 0.4) is 0 Å². The average Bonchev–Trinajstić information content (AvgIpc) is 3.44. The van der Waals surface area contributed by atoms with Gasteiger partial charge in [0.2, 0.25) is 0 Å². The Bertz CT molecular complexity index is 1100. The Morgan fingerprint density at radius 2 is 0.384 bits per heavy atom. The summed E-state index contributed by atoms with van der Waals surface area (Å²) >= 11 is 0. The Hall–Kier alpha value is 1.63. The van der Waals surface area contributed by atoms with Crippen molar-refractivity contribution in [2.75, 3.05) is 30.9 Å². The smallest absolute Gasteiger partial charge is 0.261 e. The molecule has 3 nitrogen and oxygen atoms in total. The molecule has 1 N–H and O–H groups in total. The van der Waals surface area contributed by atoms with Crippen molar-refractivity contribution in [3.8, 4) is 0 Å². The van der Waals surface area contributed by atoms with Gasteiger partial charge in [0.25, 0.3) is 10.1 Å². The molecule has 0 atom stereocenters. The maximum absolute atomic E-state index is 9.19. The highest BCUT2D eigenvalue weighted by Crippen LogP contribution is 2.59. The molecule has 0 saturated heterocycles. The number of hydrogen-bond acceptors (Lipinski definition) is 2. The lowest BCUT2D eigenvalue weighted by atomic mass is 9.99. The van der Waals surface area contributed by atoms with Crippen LogP contribution in [0, 0.1) is 0 Å². The van der Waals surface area contributed by atoms with Gasteiger partial charge in [-0.05, 0) is 198 Å². The zero-order chi connectivity index (χ0) is 52.2. The summed E-state index contributed by atoms with van der Waals surface area (Å²) in [6.07, 6.45) is 81.2. The maximum Gasteiger partial charge on any atom is 0.261 e. The first-order valence-corrected chi connectivity index (χ1v) is 42.1. The summed E-state index contributed by atoms with van der Waals surface area (Å²) in [6, 6.07) is 0. The van der Waals surface area contributed by atoms with Crippen molar-refractivity contribution in [2.24, 2.45) is 0 Å². The van der Waals surface area contributed by atoms with Crippen molar-refractivity contribution in [3.63, 3.8) is 0 Å². The van der Waals surface area contributed by atoms with Gasteiger partial charge in [0.15, 0.2) is 0 Å². The van der Waals surface area contributed by atoms with Gasteiger partial charge in [-0.1, -0.05) is 207 Å². The van der Waals surface area contributed by atoms with Crippen LogP contribution in [0.4, 0.5) is 0 Å². The molecule has 432 valence electrons. The van der Waals surface area contributed by atoms with E-state index in [2.05, 4.69) is 27.7 Å². The molecule has 8 fully saturated rings. The maximum atomic E-state index is 9.19. The molecule has 8 aliphatic carbocycles. The van der Waals surface area contributed by atoms with E-state index in [0.29, 0.717) is 37.9 Å². The molecule has 0 aliphatic heterocycles. The third-order valence-corrected chi connectivity index (χ3v) is 34.4. The molecule has 73 heavy (non-hydrogen) atoms. The van der Waals surface area contributed by atoms with Gasteiger partial charge in [-0.25, -0.2) is 0 Å². The number of unbranched alkanes of at least 4 members (excludes halogenated alkanes) is 4. The third-order valence-electron chi connectivity index (χ3n) is 19.4. The molecule has 0 amide bonds. The fourth-order valence-electron chi connectivity index (χ4n) is 15.3. The van der Waals surface area contributed by atoms with Crippen molar-refractivity contribution in [2.45, 2.75) is 381 Å². The van der Waals surface area contributed by atoms with Crippen molar-refractivity contribution in [1.82, 2.24) is 0 Å². The molecule has 8 heteroatoms. The molecule has 0 heterocycles. The SMILES string of the molecule is CCCCP(C1CCCCC1)C1CCCCC1.CCCCP(C1CCCCC1)C1CCCCC1.CCCCP(C1CCCCC1)C1CCCCC1.CCCCP(C1CCCCC1)C1CCCCC1.CS(=O)(=O)O. The van der Waals surface area contributed by atoms with E-state index in [9.17, 15) is 8.42 Å². The van der Waals surface area contributed by atoms with Gasteiger partial charge in [-0.15, -0.1) is 31.7 Å². The van der Waals surface area contributed by atoms with E-state index < -0.39 is 10.1 Å². The van der Waals surface area contributed by atoms with Crippen LogP contribution in [0.1, 0.15) is 336 Å². The van der Waals surface area contributed by atoms with E-state index in [-0.39, 0.29) is 0 Å². The highest BCUT2D eigenvalue weighted by molar-refractivity contribution is 7.85. The first-order chi connectivity index (χ1) is 35.7. The largest absolute Gasteiger partial charge is 0.286 e. The zero-order valence-corrected chi connectivity index (χ0v) is 54.2. The monoisotopic (exact) mass is 1110 g/mol. The lowest BCUT2D eigenvalue weighted by molar-refractivity contribution is 0.483. The quantitative estimate of drug-likeness (QED) is 0.0976. The Balaban J connectivity index is 0.000000204. The van der Waals surface area contributed by atoms with Gasteiger partial charge in [-0.3, -0.25) is 4.55 Å². The summed E-state index contributed by atoms with van der Waals surface area (Å²) in [4.78, 5) is 0. The molecule has 0 aromatic carbocycles. The van der Waals surface area contributed by atoms with Crippen LogP contribution < -0.4 is 0 Å². The van der Waals surface area contributed by atoms with Crippen molar-refractivity contribution < 1.29 is 13.0 Å². The lowest BCUT2D eigenvalue weighted by Crippen LogP contribution is -2.21. The molecule has 8 aliphatic rings. The van der Waals surface area contributed by atoms with Crippen LogP contribution in [-0.2, 0) is 10.1 Å². The predicted octanol–water partition coefficient (Wildman–Crippen LogP) is 23.2. The number of rotatable bonds is 20. The molecule has 0 aromatic rings. The molecular weight excluding hydrogens is 985 g/mol. The second kappa shape index (κ2) is 42.5. The number of hydrogen-bond donors (Lipinski definition) is 1. The summed E-state index contributed by atoms with van der Waals surface area (Å²) in [5.41, 5.74) is 9.40. The summed E-state index contributed by atoms with van der Waals surface area (Å²) < 4.78 is 25.9. The summed E-state index contributed by atoms with van der Waals surface area (Å²) in [5.74, 6) is 0. The van der Waals surface area contributed by atoms with Crippen molar-refractivity contribution in [1.29, 1.82) is 0 Å². The van der Waals surface area contributed by atoms with Gasteiger partial charge in [0, 0.05) is 0 Å². The molecular formula is C65H128O3P4S. The van der Waals surface area contributed by atoms with Crippen LogP contribution in [0.15, 0.2) is 0 Å². The van der Waals surface area contributed by atoms with E-state index in [1.165, 1.54) is 148 Å². The molecule has 0 bridgehead atoms. The van der Waals surface area contributed by atoms with Crippen molar-refractivity contribution >= 4 is 41.8 Å². The van der Waals surface area contributed by atoms with Gasteiger partial charge in [0.1, 0.15) is 0 Å². The Kier molecular flexibility index (Phi) is 39.1. The van der Waals surface area contributed by atoms with Crippen LogP contribution >= 0.6 is 31.7 Å². The third kappa shape index (κ3) is 29.3. The van der Waals surface area contributed by atoms with Gasteiger partial charge in [-0.2, -0.15) is 8.42 Å². The van der Waals surface area contributed by atoms with Gasteiger partial charge in [0.05, 0.1) is 6.26 Å².